The number of carboxylic acid groups (broad SMARTS) is 1. The number of rotatable bonds is 25. The Kier molecular flexibility index (Phi) is 20.8. The molecule has 0 aliphatic heterocycles. The van der Waals surface area contributed by atoms with Crippen molar-refractivity contribution in [3.05, 3.63) is 0 Å². The van der Waals surface area contributed by atoms with Gasteiger partial charge in [0, 0.05) is 38.3 Å². The number of carbonyl (C=O) groups excluding carboxylic acids is 4. The molecule has 14 heteroatoms. The number of Topliss-reactive ketones (excluding diaryl/α,β-unsaturated/α-hetero) is 1. The van der Waals surface area contributed by atoms with Gasteiger partial charge in [-0.3, -0.25) is 28.7 Å². The molecule has 1 atom stereocenters. The third-order valence-corrected chi connectivity index (χ3v) is 6.90. The normalized spacial score (nSPS) is 11.9. The van der Waals surface area contributed by atoms with Gasteiger partial charge in [-0.15, -0.1) is 0 Å². The summed E-state index contributed by atoms with van der Waals surface area (Å²) < 4.78 is 36.2. The van der Waals surface area contributed by atoms with Crippen LogP contribution in [-0.4, -0.2) is 88.3 Å². The minimum absolute atomic E-state index is 0.00618. The maximum atomic E-state index is 11.8. The Hall–Kier alpha value is -2.58. The molecule has 4 N–H and O–H groups in total. The number of ketones is 1. The van der Waals surface area contributed by atoms with Crippen molar-refractivity contribution in [1.82, 2.24) is 15.4 Å². The van der Waals surface area contributed by atoms with E-state index in [-0.39, 0.29) is 94.3 Å². The lowest BCUT2D eigenvalue weighted by molar-refractivity contribution is -0.139. The topological polar surface area (TPSA) is 194 Å². The number of hydrogen-bond acceptors (Lipinski definition) is 9. The van der Waals surface area contributed by atoms with Crippen LogP contribution in [0.4, 0.5) is 0 Å². The predicted molar refractivity (Wildman–Crippen MR) is 143 cm³/mol. The zero-order valence-electron chi connectivity index (χ0n) is 23.1. The smallest absolute Gasteiger partial charge is 0.303 e. The molecule has 0 saturated carbocycles. The third-order valence-electron chi connectivity index (χ3n) is 5.54. The molecule has 0 aliphatic rings. The fourth-order valence-corrected chi connectivity index (χ4v) is 4.34. The summed E-state index contributed by atoms with van der Waals surface area (Å²) in [6.45, 7) is 4.90. The number of unbranched alkanes of at least 4 members (excludes halogenated alkanes) is 2. The average Bonchev–Trinajstić information content (AvgIpc) is 2.86. The van der Waals surface area contributed by atoms with Gasteiger partial charge in [-0.2, -0.15) is 0 Å². The molecular formula is C25H45N3O10S. The number of carboxylic acids is 1. The van der Waals surface area contributed by atoms with E-state index in [9.17, 15) is 32.4 Å². The lowest BCUT2D eigenvalue weighted by atomic mass is 9.96. The van der Waals surface area contributed by atoms with Crippen LogP contribution in [0.2, 0.25) is 0 Å². The summed E-state index contributed by atoms with van der Waals surface area (Å²) in [6.07, 6.45) is 3.61. The molecule has 39 heavy (non-hydrogen) atoms. The van der Waals surface area contributed by atoms with E-state index in [1.165, 1.54) is 0 Å². The van der Waals surface area contributed by atoms with Gasteiger partial charge in [0.25, 0.3) is 0 Å². The highest BCUT2D eigenvalue weighted by molar-refractivity contribution is 7.90. The Bertz CT molecular complexity index is 864. The summed E-state index contributed by atoms with van der Waals surface area (Å²) in [4.78, 5) is 57.4. The second-order valence-corrected chi connectivity index (χ2v) is 11.0. The zero-order chi connectivity index (χ0) is 29.5. The van der Waals surface area contributed by atoms with E-state index in [1.54, 1.807) is 6.92 Å². The van der Waals surface area contributed by atoms with Crippen LogP contribution in [0.3, 0.4) is 0 Å². The van der Waals surface area contributed by atoms with Crippen molar-refractivity contribution in [1.29, 1.82) is 0 Å². The Morgan fingerprint density at radius 2 is 1.44 bits per heavy atom. The van der Waals surface area contributed by atoms with Crippen LogP contribution < -0.4 is 15.4 Å². The zero-order valence-corrected chi connectivity index (χ0v) is 23.9. The van der Waals surface area contributed by atoms with Crippen molar-refractivity contribution >= 4 is 39.5 Å². The highest BCUT2D eigenvalue weighted by Crippen LogP contribution is 2.11. The lowest BCUT2D eigenvalue weighted by Gasteiger charge is -2.10. The first-order chi connectivity index (χ1) is 18.5. The highest BCUT2D eigenvalue weighted by Gasteiger charge is 2.15. The number of amides is 3. The Morgan fingerprint density at radius 1 is 0.769 bits per heavy atom. The average molecular weight is 580 g/mol. The number of sulfonamides is 1. The number of carbonyl (C=O) groups is 5. The molecule has 0 fully saturated rings. The van der Waals surface area contributed by atoms with Crippen LogP contribution in [0.15, 0.2) is 0 Å². The van der Waals surface area contributed by atoms with Gasteiger partial charge in [-0.05, 0) is 25.7 Å². The van der Waals surface area contributed by atoms with Gasteiger partial charge in [0.15, 0.2) is 0 Å². The van der Waals surface area contributed by atoms with E-state index in [2.05, 4.69) is 10.6 Å². The minimum Gasteiger partial charge on any atom is -0.481 e. The van der Waals surface area contributed by atoms with Crippen LogP contribution in [0.5, 0.6) is 0 Å². The summed E-state index contributed by atoms with van der Waals surface area (Å²) in [5.74, 6) is -2.68. The van der Waals surface area contributed by atoms with Crippen molar-refractivity contribution in [2.24, 2.45) is 5.92 Å². The first-order valence-corrected chi connectivity index (χ1v) is 15.1. The molecule has 0 unspecified atom stereocenters. The van der Waals surface area contributed by atoms with Gasteiger partial charge in [-0.1, -0.05) is 26.7 Å². The molecule has 0 aromatic heterocycles. The number of nitrogens with one attached hydrogen (secondary N) is 3. The fourth-order valence-electron chi connectivity index (χ4n) is 3.26. The maximum Gasteiger partial charge on any atom is 0.303 e. The molecule has 13 nitrogen and oxygen atoms in total. The molecule has 0 aromatic rings. The largest absolute Gasteiger partial charge is 0.481 e. The van der Waals surface area contributed by atoms with Crippen LogP contribution in [0.25, 0.3) is 0 Å². The van der Waals surface area contributed by atoms with Crippen molar-refractivity contribution in [2.45, 2.75) is 78.1 Å². The predicted octanol–water partition coefficient (Wildman–Crippen LogP) is 0.909. The Balaban J connectivity index is 3.64. The fraction of sp³-hybridized carbons (Fsp3) is 0.800. The van der Waals surface area contributed by atoms with E-state index in [0.29, 0.717) is 25.8 Å². The van der Waals surface area contributed by atoms with Crippen molar-refractivity contribution in [3.63, 3.8) is 0 Å². The Labute approximate surface area is 231 Å². The number of aliphatic carboxylic acids is 1. The summed E-state index contributed by atoms with van der Waals surface area (Å²) >= 11 is 0. The molecule has 0 rings (SSSR count). The molecule has 0 bridgehead atoms. The standard InChI is InChI=1S/C25H45N3O10S/c1-3-4-9-23(31)28-39(35,36)18-7-10-22(30)27-14-15-37-16-17-38-19-24(32)26-13-6-5-8-20(2)21(29)11-12-25(33)34/h20H,3-19H2,1-2H3,(H,26,32)(H,27,30)(H,28,31)(H,33,34)/t20-/m1/s1. The van der Waals surface area contributed by atoms with Gasteiger partial charge >= 0.3 is 5.97 Å². The maximum absolute atomic E-state index is 11.8. The second-order valence-electron chi connectivity index (χ2n) is 9.17. The molecule has 0 spiro atoms. The summed E-state index contributed by atoms with van der Waals surface area (Å²) in [5, 5.41) is 13.9. The van der Waals surface area contributed by atoms with Crippen LogP contribution >= 0.6 is 0 Å². The molecule has 0 aliphatic carbocycles. The second kappa shape index (κ2) is 22.3. The molecule has 0 saturated heterocycles. The number of ether oxygens (including phenoxy) is 2. The lowest BCUT2D eigenvalue weighted by Crippen LogP contribution is -2.33. The van der Waals surface area contributed by atoms with Crippen molar-refractivity contribution < 1.29 is 47.0 Å². The number of hydrogen-bond donors (Lipinski definition) is 4. The van der Waals surface area contributed by atoms with Gasteiger partial charge in [0.1, 0.15) is 12.4 Å². The SMILES string of the molecule is CCCCC(=O)NS(=O)(=O)CCCC(=O)NCCOCCOCC(=O)NCCCC[C@@H](C)C(=O)CCC(=O)O. The van der Waals surface area contributed by atoms with Crippen LogP contribution in [0, 0.1) is 5.92 Å². The van der Waals surface area contributed by atoms with E-state index in [0.717, 1.165) is 12.8 Å². The molecule has 0 heterocycles. The van der Waals surface area contributed by atoms with E-state index >= 15 is 0 Å². The highest BCUT2D eigenvalue weighted by atomic mass is 32.2. The molecule has 226 valence electrons. The van der Waals surface area contributed by atoms with Gasteiger partial charge < -0.3 is 25.2 Å². The molecule has 0 aromatic carbocycles. The van der Waals surface area contributed by atoms with Crippen LogP contribution in [0.1, 0.15) is 78.1 Å². The first-order valence-electron chi connectivity index (χ1n) is 13.4. The molecule has 0 radical (unpaired) electrons. The summed E-state index contributed by atoms with van der Waals surface area (Å²) in [7, 11) is -3.74. The monoisotopic (exact) mass is 579 g/mol. The van der Waals surface area contributed by atoms with Crippen molar-refractivity contribution in [2.75, 3.05) is 45.3 Å². The van der Waals surface area contributed by atoms with E-state index < -0.39 is 21.9 Å². The summed E-state index contributed by atoms with van der Waals surface area (Å²) in [6, 6.07) is 0. The molecular weight excluding hydrogens is 534 g/mol. The van der Waals surface area contributed by atoms with Crippen LogP contribution in [-0.2, 0) is 43.5 Å². The molecule has 3 amide bonds. The first kappa shape index (κ1) is 36.4. The van der Waals surface area contributed by atoms with E-state index in [1.807, 2.05) is 11.6 Å². The minimum atomic E-state index is -3.74. The van der Waals surface area contributed by atoms with Gasteiger partial charge in [-0.25, -0.2) is 8.42 Å². The quantitative estimate of drug-likeness (QED) is 0.113. The van der Waals surface area contributed by atoms with E-state index in [4.69, 9.17) is 14.6 Å². The third kappa shape index (κ3) is 23.1. The van der Waals surface area contributed by atoms with Gasteiger partial charge in [0.2, 0.25) is 27.7 Å². The van der Waals surface area contributed by atoms with Gasteiger partial charge in [0.05, 0.1) is 32.0 Å². The summed E-state index contributed by atoms with van der Waals surface area (Å²) in [5.41, 5.74) is 0. The van der Waals surface area contributed by atoms with Crippen molar-refractivity contribution in [3.8, 4) is 0 Å². The Morgan fingerprint density at radius 3 is 2.13 bits per heavy atom.